The molecule has 2 N–H and O–H groups in total. The number of halogens is 1. The van der Waals surface area contributed by atoms with Crippen LogP contribution in [-0.4, -0.2) is 54.3 Å². The highest BCUT2D eigenvalue weighted by atomic mass is 35.5. The van der Waals surface area contributed by atoms with E-state index in [1.807, 2.05) is 0 Å². The molecule has 1 aliphatic carbocycles. The van der Waals surface area contributed by atoms with Gasteiger partial charge >= 0.3 is 5.97 Å². The zero-order valence-corrected chi connectivity index (χ0v) is 19.7. The van der Waals surface area contributed by atoms with E-state index in [9.17, 15) is 18.0 Å². The Bertz CT molecular complexity index is 1170. The van der Waals surface area contributed by atoms with Crippen molar-refractivity contribution in [2.45, 2.75) is 23.8 Å². The molecular formula is C21H23ClN2O8S. The maximum absolute atomic E-state index is 13.1. The standard InChI is InChI=1S/C21H23ClN2O8S/c1-29-16-7-4-12(21(26)32-11-20(25)23-13-5-6-13)8-19(16)33(27,28)24-15-9-14(22)17(30-2)10-18(15)31-3/h4,7-10,13,24H,5-6,11H2,1-3H3,(H,23,25). The fourth-order valence-electron chi connectivity index (χ4n) is 2.86. The molecule has 1 saturated carbocycles. The van der Waals surface area contributed by atoms with E-state index in [4.69, 9.17) is 30.5 Å². The van der Waals surface area contributed by atoms with Gasteiger partial charge in [0.15, 0.2) is 6.61 Å². The summed E-state index contributed by atoms with van der Waals surface area (Å²) in [5, 5.41) is 2.85. The molecule has 0 aromatic heterocycles. The van der Waals surface area contributed by atoms with Gasteiger partial charge in [-0.2, -0.15) is 0 Å². The van der Waals surface area contributed by atoms with Crippen LogP contribution in [0.5, 0.6) is 17.2 Å². The van der Waals surface area contributed by atoms with Crippen molar-refractivity contribution in [3.63, 3.8) is 0 Å². The summed E-state index contributed by atoms with van der Waals surface area (Å²) in [7, 11) is -0.200. The minimum Gasteiger partial charge on any atom is -0.495 e. The largest absolute Gasteiger partial charge is 0.495 e. The Hall–Kier alpha value is -3.18. The van der Waals surface area contributed by atoms with Gasteiger partial charge in [0.25, 0.3) is 15.9 Å². The second-order valence-corrected chi connectivity index (χ2v) is 9.13. The maximum Gasteiger partial charge on any atom is 0.338 e. The molecule has 0 aliphatic heterocycles. The Kier molecular flexibility index (Phi) is 7.54. The SMILES string of the molecule is COc1cc(OC)c(NS(=O)(=O)c2cc(C(=O)OCC(=O)NC3CC3)ccc2OC)cc1Cl. The molecule has 0 saturated heterocycles. The summed E-state index contributed by atoms with van der Waals surface area (Å²) >= 11 is 6.12. The zero-order valence-electron chi connectivity index (χ0n) is 18.1. The maximum atomic E-state index is 13.1. The minimum absolute atomic E-state index is 0.0101. The summed E-state index contributed by atoms with van der Waals surface area (Å²) in [5.74, 6) is -0.827. The van der Waals surface area contributed by atoms with Crippen LogP contribution in [0.25, 0.3) is 0 Å². The molecule has 1 aliphatic rings. The predicted molar refractivity (Wildman–Crippen MR) is 120 cm³/mol. The predicted octanol–water partition coefficient (Wildman–Crippen LogP) is 2.60. The molecule has 0 atom stereocenters. The molecule has 12 heteroatoms. The van der Waals surface area contributed by atoms with E-state index in [1.165, 1.54) is 45.6 Å². The van der Waals surface area contributed by atoms with Crippen molar-refractivity contribution in [3.05, 3.63) is 40.9 Å². The zero-order chi connectivity index (χ0) is 24.2. The number of hydrogen-bond acceptors (Lipinski definition) is 8. The van der Waals surface area contributed by atoms with Crippen molar-refractivity contribution >= 4 is 39.2 Å². The number of anilines is 1. The lowest BCUT2D eigenvalue weighted by molar-refractivity contribution is -0.124. The van der Waals surface area contributed by atoms with Gasteiger partial charge in [0.2, 0.25) is 0 Å². The Balaban J connectivity index is 1.85. The van der Waals surface area contributed by atoms with E-state index in [0.717, 1.165) is 18.9 Å². The number of ether oxygens (including phenoxy) is 4. The average Bonchev–Trinajstić information content (AvgIpc) is 3.61. The topological polar surface area (TPSA) is 129 Å². The van der Waals surface area contributed by atoms with Crippen molar-refractivity contribution in [2.75, 3.05) is 32.7 Å². The molecule has 0 heterocycles. The smallest absolute Gasteiger partial charge is 0.338 e. The Morgan fingerprint density at radius 3 is 2.27 bits per heavy atom. The first-order chi connectivity index (χ1) is 15.7. The van der Waals surface area contributed by atoms with Crippen molar-refractivity contribution in [1.29, 1.82) is 0 Å². The number of sulfonamides is 1. The summed E-state index contributed by atoms with van der Waals surface area (Å²) in [4.78, 5) is 23.8. The van der Waals surface area contributed by atoms with Crippen LogP contribution >= 0.6 is 11.6 Å². The number of amides is 1. The van der Waals surface area contributed by atoms with Gasteiger partial charge in [-0.05, 0) is 37.1 Å². The van der Waals surface area contributed by atoms with Crippen LogP contribution in [0, 0.1) is 0 Å². The summed E-state index contributed by atoms with van der Waals surface area (Å²) in [6.45, 7) is -0.469. The molecular weight excluding hydrogens is 476 g/mol. The van der Waals surface area contributed by atoms with Crippen LogP contribution in [0.2, 0.25) is 5.02 Å². The first-order valence-electron chi connectivity index (χ1n) is 9.77. The third kappa shape index (κ3) is 5.99. The molecule has 0 radical (unpaired) electrons. The van der Waals surface area contributed by atoms with E-state index >= 15 is 0 Å². The number of carbonyl (C=O) groups is 2. The number of carbonyl (C=O) groups excluding carboxylic acids is 2. The quantitative estimate of drug-likeness (QED) is 0.478. The first-order valence-corrected chi connectivity index (χ1v) is 11.6. The van der Waals surface area contributed by atoms with Gasteiger partial charge in [-0.15, -0.1) is 0 Å². The lowest BCUT2D eigenvalue weighted by Crippen LogP contribution is -2.30. The van der Waals surface area contributed by atoms with Gasteiger partial charge in [-0.1, -0.05) is 11.6 Å². The Morgan fingerprint density at radius 1 is 1.00 bits per heavy atom. The van der Waals surface area contributed by atoms with Gasteiger partial charge < -0.3 is 24.3 Å². The summed E-state index contributed by atoms with van der Waals surface area (Å²) < 4.78 is 49.2. The third-order valence-corrected chi connectivity index (χ3v) is 6.37. The second-order valence-electron chi connectivity index (χ2n) is 7.08. The van der Waals surface area contributed by atoms with Gasteiger partial charge in [-0.3, -0.25) is 9.52 Å². The molecule has 1 fully saturated rings. The number of methoxy groups -OCH3 is 3. The van der Waals surface area contributed by atoms with E-state index in [1.54, 1.807) is 0 Å². The molecule has 0 spiro atoms. The molecule has 3 rings (SSSR count). The summed E-state index contributed by atoms with van der Waals surface area (Å²) in [5.41, 5.74) is -0.0230. The third-order valence-electron chi connectivity index (χ3n) is 4.68. The highest BCUT2D eigenvalue weighted by Crippen LogP contribution is 2.37. The van der Waals surface area contributed by atoms with Crippen molar-refractivity contribution < 1.29 is 37.0 Å². The summed E-state index contributed by atoms with van der Waals surface area (Å²) in [6, 6.07) is 6.64. The fraction of sp³-hybridized carbons (Fsp3) is 0.333. The molecule has 2 aromatic carbocycles. The number of nitrogens with one attached hydrogen (secondary N) is 2. The van der Waals surface area contributed by atoms with Gasteiger partial charge in [0, 0.05) is 12.1 Å². The van der Waals surface area contributed by atoms with Gasteiger partial charge in [0.1, 0.15) is 22.1 Å². The number of rotatable bonds is 10. The number of esters is 1. The van der Waals surface area contributed by atoms with Crippen molar-refractivity contribution in [2.24, 2.45) is 0 Å². The molecule has 0 unspecified atom stereocenters. The molecule has 178 valence electrons. The number of hydrogen-bond donors (Lipinski definition) is 2. The van der Waals surface area contributed by atoms with Crippen LogP contribution in [0.3, 0.4) is 0 Å². The van der Waals surface area contributed by atoms with Gasteiger partial charge in [0.05, 0.1) is 37.6 Å². The van der Waals surface area contributed by atoms with Crippen LogP contribution in [-0.2, 0) is 19.6 Å². The first kappa shape index (κ1) is 24.5. The fourth-order valence-corrected chi connectivity index (χ4v) is 4.36. The highest BCUT2D eigenvalue weighted by molar-refractivity contribution is 7.92. The Morgan fingerprint density at radius 2 is 1.67 bits per heavy atom. The van der Waals surface area contributed by atoms with E-state index in [2.05, 4.69) is 10.0 Å². The van der Waals surface area contributed by atoms with Crippen molar-refractivity contribution in [1.82, 2.24) is 5.32 Å². The molecule has 33 heavy (non-hydrogen) atoms. The molecule has 10 nitrogen and oxygen atoms in total. The van der Waals surface area contributed by atoms with Gasteiger partial charge in [-0.25, -0.2) is 13.2 Å². The van der Waals surface area contributed by atoms with Crippen LogP contribution < -0.4 is 24.2 Å². The lowest BCUT2D eigenvalue weighted by Gasteiger charge is -2.16. The van der Waals surface area contributed by atoms with E-state index in [0.29, 0.717) is 5.75 Å². The second kappa shape index (κ2) is 10.2. The van der Waals surface area contributed by atoms with Crippen LogP contribution in [0.15, 0.2) is 35.2 Å². The minimum atomic E-state index is -4.26. The van der Waals surface area contributed by atoms with Crippen molar-refractivity contribution in [3.8, 4) is 17.2 Å². The normalized spacial score (nSPS) is 13.1. The highest BCUT2D eigenvalue weighted by Gasteiger charge is 2.26. The molecule has 0 bridgehead atoms. The Labute approximate surface area is 196 Å². The number of benzene rings is 2. The average molecular weight is 499 g/mol. The molecule has 1 amide bonds. The van der Waals surface area contributed by atoms with E-state index < -0.39 is 28.5 Å². The van der Waals surface area contributed by atoms with Crippen LogP contribution in [0.4, 0.5) is 5.69 Å². The lowest BCUT2D eigenvalue weighted by atomic mass is 10.2. The molecule has 2 aromatic rings. The van der Waals surface area contributed by atoms with E-state index in [-0.39, 0.29) is 38.7 Å². The monoisotopic (exact) mass is 498 g/mol. The summed E-state index contributed by atoms with van der Waals surface area (Å²) in [6.07, 6.45) is 1.80. The van der Waals surface area contributed by atoms with Crippen LogP contribution in [0.1, 0.15) is 23.2 Å².